The Morgan fingerprint density at radius 2 is 2.06 bits per heavy atom. The summed E-state index contributed by atoms with van der Waals surface area (Å²) in [4.78, 5) is 1.98. The van der Waals surface area contributed by atoms with E-state index >= 15 is 0 Å². The van der Waals surface area contributed by atoms with Crippen LogP contribution in [0, 0.1) is 0 Å². The van der Waals surface area contributed by atoms with E-state index in [0.717, 1.165) is 28.7 Å². The topological polar surface area (TPSA) is 55.0 Å². The molecule has 4 nitrogen and oxygen atoms in total. The molecule has 0 saturated heterocycles. The van der Waals surface area contributed by atoms with E-state index in [1.54, 1.807) is 23.1 Å². The maximum Gasteiger partial charge on any atom is 0.208 e. The van der Waals surface area contributed by atoms with Gasteiger partial charge in [0.15, 0.2) is 4.34 Å². The number of rotatable bonds is 7. The molecule has 1 rings (SSSR count). The Bertz CT molecular complexity index is 327. The van der Waals surface area contributed by atoms with E-state index < -0.39 is 0 Å². The number of thioether (sulfide) groups is 1. The summed E-state index contributed by atoms with van der Waals surface area (Å²) >= 11 is 3.40. The highest BCUT2D eigenvalue weighted by molar-refractivity contribution is 8.01. The minimum Gasteiger partial charge on any atom is -0.353 e. The number of anilines is 1. The fraction of sp³-hybridized carbons (Fsp3) is 0.818. The van der Waals surface area contributed by atoms with Crippen LogP contribution in [0.2, 0.25) is 0 Å². The number of nitrogens with zero attached hydrogens (tertiary/aromatic N) is 3. The molecule has 0 spiro atoms. The number of nitrogens with two attached hydrogens (primary N) is 1. The molecule has 1 heterocycles. The third kappa shape index (κ3) is 4.44. The molecule has 0 aliphatic carbocycles. The van der Waals surface area contributed by atoms with Gasteiger partial charge in [0, 0.05) is 25.4 Å². The van der Waals surface area contributed by atoms with Gasteiger partial charge >= 0.3 is 0 Å². The molecule has 2 unspecified atom stereocenters. The Morgan fingerprint density at radius 1 is 1.35 bits per heavy atom. The third-order valence-electron chi connectivity index (χ3n) is 2.53. The van der Waals surface area contributed by atoms with Gasteiger partial charge in [0.25, 0.3) is 0 Å². The fourth-order valence-electron chi connectivity index (χ4n) is 1.55. The zero-order chi connectivity index (χ0) is 12.8. The minimum absolute atomic E-state index is 0.252. The van der Waals surface area contributed by atoms with Crippen LogP contribution in [0.5, 0.6) is 0 Å². The molecule has 1 aromatic rings. The highest BCUT2D eigenvalue weighted by Crippen LogP contribution is 2.32. The smallest absolute Gasteiger partial charge is 0.208 e. The average molecular weight is 274 g/mol. The molecule has 1 aromatic heterocycles. The molecule has 0 amide bonds. The van der Waals surface area contributed by atoms with Crippen molar-refractivity contribution in [3.8, 4) is 0 Å². The maximum absolute atomic E-state index is 6.18. The van der Waals surface area contributed by atoms with Crippen LogP contribution >= 0.6 is 23.1 Å². The Morgan fingerprint density at radius 3 is 2.53 bits per heavy atom. The summed E-state index contributed by atoms with van der Waals surface area (Å²) in [5.41, 5.74) is 6.18. The van der Waals surface area contributed by atoms with Gasteiger partial charge in [-0.05, 0) is 12.8 Å². The standard InChI is InChI=1S/C11H22N4S2/c1-5-7-8(12)9(6-2)16-11-14-13-10(17-11)15(3)4/h8-9H,5-7,12H2,1-4H3. The van der Waals surface area contributed by atoms with E-state index in [-0.39, 0.29) is 6.04 Å². The molecule has 17 heavy (non-hydrogen) atoms. The molecule has 2 N–H and O–H groups in total. The van der Waals surface area contributed by atoms with Crippen molar-refractivity contribution in [1.29, 1.82) is 0 Å². The van der Waals surface area contributed by atoms with Crippen LogP contribution < -0.4 is 10.6 Å². The first-order valence-electron chi connectivity index (χ1n) is 6.01. The molecule has 0 aliphatic heterocycles. The molecule has 0 saturated carbocycles. The normalized spacial score (nSPS) is 14.6. The quantitative estimate of drug-likeness (QED) is 0.775. The van der Waals surface area contributed by atoms with Crippen LogP contribution in [0.1, 0.15) is 33.1 Å². The monoisotopic (exact) mass is 274 g/mol. The van der Waals surface area contributed by atoms with Crippen LogP contribution in [0.3, 0.4) is 0 Å². The van der Waals surface area contributed by atoms with Gasteiger partial charge in [-0.3, -0.25) is 0 Å². The summed E-state index contributed by atoms with van der Waals surface area (Å²) < 4.78 is 1.02. The van der Waals surface area contributed by atoms with Crippen molar-refractivity contribution in [2.24, 2.45) is 5.73 Å². The Hall–Kier alpha value is -0.330. The zero-order valence-corrected chi connectivity index (χ0v) is 12.6. The highest BCUT2D eigenvalue weighted by atomic mass is 32.2. The van der Waals surface area contributed by atoms with Crippen molar-refractivity contribution in [2.75, 3.05) is 19.0 Å². The first kappa shape index (κ1) is 14.7. The maximum atomic E-state index is 6.18. The first-order chi connectivity index (χ1) is 8.08. The van der Waals surface area contributed by atoms with Crippen molar-refractivity contribution in [3.63, 3.8) is 0 Å². The molecule has 2 atom stereocenters. The summed E-state index contributed by atoms with van der Waals surface area (Å²) in [6.07, 6.45) is 3.28. The van der Waals surface area contributed by atoms with Crippen molar-refractivity contribution in [1.82, 2.24) is 10.2 Å². The van der Waals surface area contributed by atoms with Crippen LogP contribution in [-0.4, -0.2) is 35.6 Å². The second-order valence-corrected chi connectivity index (χ2v) is 6.70. The third-order valence-corrected chi connectivity index (χ3v) is 5.23. The SMILES string of the molecule is CCCC(N)C(CC)Sc1nnc(N(C)C)s1. The van der Waals surface area contributed by atoms with Gasteiger partial charge in [-0.25, -0.2) is 0 Å². The molecule has 98 valence electrons. The van der Waals surface area contributed by atoms with Crippen molar-refractivity contribution in [3.05, 3.63) is 0 Å². The number of hydrogen-bond donors (Lipinski definition) is 1. The van der Waals surface area contributed by atoms with Gasteiger partial charge in [-0.2, -0.15) is 0 Å². The van der Waals surface area contributed by atoms with Crippen LogP contribution in [0.4, 0.5) is 5.13 Å². The summed E-state index contributed by atoms with van der Waals surface area (Å²) in [5, 5.41) is 9.74. The molecular formula is C11H22N4S2. The van der Waals surface area contributed by atoms with Gasteiger partial charge in [-0.15, -0.1) is 10.2 Å². The minimum atomic E-state index is 0.252. The molecule has 0 bridgehead atoms. The predicted molar refractivity (Wildman–Crippen MR) is 77.1 cm³/mol. The van der Waals surface area contributed by atoms with Crippen LogP contribution in [0.15, 0.2) is 4.34 Å². The lowest BCUT2D eigenvalue weighted by Gasteiger charge is -2.20. The average Bonchev–Trinajstić information content (AvgIpc) is 2.74. The number of hydrogen-bond acceptors (Lipinski definition) is 6. The molecule has 0 aromatic carbocycles. The van der Waals surface area contributed by atoms with E-state index in [1.807, 2.05) is 19.0 Å². The van der Waals surface area contributed by atoms with Gasteiger partial charge in [0.2, 0.25) is 5.13 Å². The Labute approximate surface area is 112 Å². The second-order valence-electron chi connectivity index (χ2n) is 4.26. The van der Waals surface area contributed by atoms with Crippen LogP contribution in [0.25, 0.3) is 0 Å². The highest BCUT2D eigenvalue weighted by Gasteiger charge is 2.19. The molecular weight excluding hydrogens is 252 g/mol. The van der Waals surface area contributed by atoms with Gasteiger partial charge in [0.1, 0.15) is 0 Å². The lowest BCUT2D eigenvalue weighted by molar-refractivity contribution is 0.566. The lowest BCUT2D eigenvalue weighted by atomic mass is 10.1. The van der Waals surface area contributed by atoms with Crippen molar-refractivity contribution in [2.45, 2.75) is 48.7 Å². The second kappa shape index (κ2) is 7.18. The largest absolute Gasteiger partial charge is 0.353 e. The van der Waals surface area contributed by atoms with E-state index in [4.69, 9.17) is 5.73 Å². The summed E-state index contributed by atoms with van der Waals surface area (Å²) in [5.74, 6) is 0. The fourth-order valence-corrected chi connectivity index (χ4v) is 3.67. The first-order valence-corrected chi connectivity index (χ1v) is 7.71. The van der Waals surface area contributed by atoms with Gasteiger partial charge in [-0.1, -0.05) is 43.4 Å². The molecule has 0 fully saturated rings. The number of aromatic nitrogens is 2. The Balaban J connectivity index is 2.60. The van der Waals surface area contributed by atoms with Crippen LogP contribution in [-0.2, 0) is 0 Å². The van der Waals surface area contributed by atoms with Gasteiger partial charge in [0.05, 0.1) is 0 Å². The summed E-state index contributed by atoms with van der Waals surface area (Å²) in [6.45, 7) is 4.35. The molecule has 0 radical (unpaired) electrons. The van der Waals surface area contributed by atoms with E-state index in [9.17, 15) is 0 Å². The molecule has 0 aliphatic rings. The predicted octanol–water partition coefficient (Wildman–Crippen LogP) is 2.60. The lowest BCUT2D eigenvalue weighted by Crippen LogP contribution is -2.31. The van der Waals surface area contributed by atoms with E-state index in [1.165, 1.54) is 0 Å². The van der Waals surface area contributed by atoms with E-state index in [2.05, 4.69) is 24.0 Å². The summed E-state index contributed by atoms with van der Waals surface area (Å²) in [6, 6.07) is 0.252. The van der Waals surface area contributed by atoms with Crippen molar-refractivity contribution >= 4 is 28.2 Å². The van der Waals surface area contributed by atoms with Crippen molar-refractivity contribution < 1.29 is 0 Å². The Kier molecular flexibility index (Phi) is 6.22. The zero-order valence-electron chi connectivity index (χ0n) is 11.0. The van der Waals surface area contributed by atoms with Gasteiger partial charge < -0.3 is 10.6 Å². The summed E-state index contributed by atoms with van der Waals surface area (Å²) in [7, 11) is 3.96. The van der Waals surface area contributed by atoms with E-state index in [0.29, 0.717) is 5.25 Å². The molecule has 6 heteroatoms.